The molecular formula is C10H19NO2. The summed E-state index contributed by atoms with van der Waals surface area (Å²) in [5, 5.41) is 8.78. The van der Waals surface area contributed by atoms with Crippen molar-refractivity contribution in [1.29, 1.82) is 0 Å². The van der Waals surface area contributed by atoms with Gasteiger partial charge in [0.2, 0.25) is 0 Å². The SMILES string of the molecule is OCCCN1CCOC2CCCC21. The van der Waals surface area contributed by atoms with E-state index in [2.05, 4.69) is 4.90 Å². The van der Waals surface area contributed by atoms with Gasteiger partial charge in [0.15, 0.2) is 0 Å². The molecule has 1 heterocycles. The van der Waals surface area contributed by atoms with Gasteiger partial charge < -0.3 is 9.84 Å². The van der Waals surface area contributed by atoms with Crippen molar-refractivity contribution in [2.45, 2.75) is 37.8 Å². The predicted molar refractivity (Wildman–Crippen MR) is 50.7 cm³/mol. The molecule has 1 aliphatic carbocycles. The summed E-state index contributed by atoms with van der Waals surface area (Å²) in [6.45, 7) is 3.30. The van der Waals surface area contributed by atoms with Gasteiger partial charge in [-0.15, -0.1) is 0 Å². The Balaban J connectivity index is 1.86. The van der Waals surface area contributed by atoms with Gasteiger partial charge in [0.25, 0.3) is 0 Å². The van der Waals surface area contributed by atoms with Crippen LogP contribution in [0.2, 0.25) is 0 Å². The highest BCUT2D eigenvalue weighted by Gasteiger charge is 2.35. The quantitative estimate of drug-likeness (QED) is 0.699. The summed E-state index contributed by atoms with van der Waals surface area (Å²) in [4.78, 5) is 2.50. The van der Waals surface area contributed by atoms with E-state index in [0.717, 1.165) is 26.1 Å². The third kappa shape index (κ3) is 2.03. The van der Waals surface area contributed by atoms with Gasteiger partial charge in [-0.2, -0.15) is 0 Å². The highest BCUT2D eigenvalue weighted by molar-refractivity contribution is 4.89. The first kappa shape index (κ1) is 9.44. The molecule has 1 aliphatic heterocycles. The van der Waals surface area contributed by atoms with Crippen molar-refractivity contribution >= 4 is 0 Å². The van der Waals surface area contributed by atoms with E-state index in [1.165, 1.54) is 19.3 Å². The van der Waals surface area contributed by atoms with Crippen LogP contribution in [0.3, 0.4) is 0 Å². The van der Waals surface area contributed by atoms with Gasteiger partial charge in [-0.1, -0.05) is 0 Å². The number of hydrogen-bond acceptors (Lipinski definition) is 3. The maximum atomic E-state index is 8.78. The molecule has 1 saturated carbocycles. The molecule has 0 aromatic rings. The molecule has 2 aliphatic rings. The van der Waals surface area contributed by atoms with Gasteiger partial charge in [-0.05, 0) is 25.7 Å². The second kappa shape index (κ2) is 4.40. The molecule has 0 aromatic heterocycles. The molecule has 2 atom stereocenters. The van der Waals surface area contributed by atoms with Crippen LogP contribution in [0.4, 0.5) is 0 Å². The molecule has 0 spiro atoms. The first-order valence-corrected chi connectivity index (χ1v) is 5.38. The Kier molecular flexibility index (Phi) is 3.19. The topological polar surface area (TPSA) is 32.7 Å². The maximum Gasteiger partial charge on any atom is 0.0730 e. The zero-order valence-electron chi connectivity index (χ0n) is 8.11. The Hall–Kier alpha value is -0.120. The fourth-order valence-electron chi connectivity index (χ4n) is 2.56. The molecule has 2 fully saturated rings. The minimum absolute atomic E-state index is 0.314. The monoisotopic (exact) mass is 185 g/mol. The van der Waals surface area contributed by atoms with E-state index in [1.807, 2.05) is 0 Å². The molecule has 3 heteroatoms. The van der Waals surface area contributed by atoms with Crippen molar-refractivity contribution in [3.8, 4) is 0 Å². The second-order valence-electron chi connectivity index (χ2n) is 4.02. The molecule has 3 nitrogen and oxygen atoms in total. The first-order valence-electron chi connectivity index (χ1n) is 5.38. The molecule has 13 heavy (non-hydrogen) atoms. The molecule has 0 radical (unpaired) electrons. The van der Waals surface area contributed by atoms with Crippen LogP contribution in [-0.4, -0.2) is 48.5 Å². The minimum Gasteiger partial charge on any atom is -0.396 e. The number of hydrogen-bond donors (Lipinski definition) is 1. The molecule has 0 amide bonds. The number of fused-ring (bicyclic) bond motifs is 1. The zero-order valence-corrected chi connectivity index (χ0v) is 8.11. The van der Waals surface area contributed by atoms with Crippen LogP contribution in [0, 0.1) is 0 Å². The van der Waals surface area contributed by atoms with E-state index < -0.39 is 0 Å². The molecule has 1 N–H and O–H groups in total. The Morgan fingerprint density at radius 1 is 1.38 bits per heavy atom. The maximum absolute atomic E-state index is 8.78. The summed E-state index contributed by atoms with van der Waals surface area (Å²) in [7, 11) is 0. The van der Waals surface area contributed by atoms with Crippen molar-refractivity contribution in [1.82, 2.24) is 4.90 Å². The van der Waals surface area contributed by atoms with Crippen LogP contribution >= 0.6 is 0 Å². The average molecular weight is 185 g/mol. The summed E-state index contributed by atoms with van der Waals surface area (Å²) in [6, 6.07) is 0.653. The van der Waals surface area contributed by atoms with E-state index in [-0.39, 0.29) is 0 Å². The fourth-order valence-corrected chi connectivity index (χ4v) is 2.56. The Morgan fingerprint density at radius 2 is 2.31 bits per heavy atom. The predicted octanol–water partition coefficient (Wildman–Crippen LogP) is 0.622. The first-order chi connectivity index (χ1) is 6.42. The number of nitrogens with zero attached hydrogens (tertiary/aromatic N) is 1. The Morgan fingerprint density at radius 3 is 3.15 bits per heavy atom. The second-order valence-corrected chi connectivity index (χ2v) is 4.02. The van der Waals surface area contributed by atoms with Gasteiger partial charge in [0.05, 0.1) is 12.7 Å². The summed E-state index contributed by atoms with van der Waals surface area (Å²) < 4.78 is 5.71. The van der Waals surface area contributed by atoms with E-state index in [4.69, 9.17) is 9.84 Å². The van der Waals surface area contributed by atoms with Crippen molar-refractivity contribution in [3.05, 3.63) is 0 Å². The van der Waals surface area contributed by atoms with Crippen LogP contribution in [0.15, 0.2) is 0 Å². The third-order valence-corrected chi connectivity index (χ3v) is 3.20. The van der Waals surface area contributed by atoms with Gasteiger partial charge in [-0.25, -0.2) is 0 Å². The number of aliphatic hydroxyl groups is 1. The van der Waals surface area contributed by atoms with E-state index in [1.54, 1.807) is 0 Å². The van der Waals surface area contributed by atoms with Gasteiger partial charge >= 0.3 is 0 Å². The molecule has 1 saturated heterocycles. The Bertz CT molecular complexity index is 163. The molecule has 0 bridgehead atoms. The highest BCUT2D eigenvalue weighted by atomic mass is 16.5. The molecular weight excluding hydrogens is 166 g/mol. The summed E-state index contributed by atoms with van der Waals surface area (Å²) >= 11 is 0. The normalized spacial score (nSPS) is 34.8. The average Bonchev–Trinajstić information content (AvgIpc) is 2.62. The van der Waals surface area contributed by atoms with Gasteiger partial charge in [0, 0.05) is 25.7 Å². The van der Waals surface area contributed by atoms with E-state index in [9.17, 15) is 0 Å². The van der Waals surface area contributed by atoms with Gasteiger partial charge in [0.1, 0.15) is 0 Å². The van der Waals surface area contributed by atoms with Crippen LogP contribution in [0.1, 0.15) is 25.7 Å². The van der Waals surface area contributed by atoms with Crippen LogP contribution in [0.5, 0.6) is 0 Å². The van der Waals surface area contributed by atoms with Crippen LogP contribution in [0.25, 0.3) is 0 Å². The fraction of sp³-hybridized carbons (Fsp3) is 1.00. The molecule has 0 aromatic carbocycles. The van der Waals surface area contributed by atoms with Crippen molar-refractivity contribution in [3.63, 3.8) is 0 Å². The molecule has 2 unspecified atom stereocenters. The van der Waals surface area contributed by atoms with Crippen molar-refractivity contribution in [2.24, 2.45) is 0 Å². The standard InChI is InChI=1S/C10H19NO2/c12-7-2-5-11-6-8-13-10-4-1-3-9(10)11/h9-10,12H,1-8H2. The largest absolute Gasteiger partial charge is 0.396 e. The lowest BCUT2D eigenvalue weighted by Gasteiger charge is -2.37. The molecule has 76 valence electrons. The van der Waals surface area contributed by atoms with Crippen molar-refractivity contribution in [2.75, 3.05) is 26.3 Å². The lowest BCUT2D eigenvalue weighted by molar-refractivity contribution is -0.0566. The number of rotatable bonds is 3. The Labute approximate surface area is 79.7 Å². The number of morpholine rings is 1. The smallest absolute Gasteiger partial charge is 0.0730 e. The van der Waals surface area contributed by atoms with E-state index >= 15 is 0 Å². The summed E-state index contributed by atoms with van der Waals surface area (Å²) in [6.07, 6.45) is 5.23. The van der Waals surface area contributed by atoms with Crippen LogP contribution in [-0.2, 0) is 4.74 Å². The van der Waals surface area contributed by atoms with Gasteiger partial charge in [-0.3, -0.25) is 4.90 Å². The zero-order chi connectivity index (χ0) is 9.10. The number of ether oxygens (including phenoxy) is 1. The number of aliphatic hydroxyl groups excluding tert-OH is 1. The van der Waals surface area contributed by atoms with Crippen LogP contribution < -0.4 is 0 Å². The van der Waals surface area contributed by atoms with E-state index in [0.29, 0.717) is 18.8 Å². The lowest BCUT2D eigenvalue weighted by Crippen LogP contribution is -2.48. The molecule has 2 rings (SSSR count). The van der Waals surface area contributed by atoms with Crippen molar-refractivity contribution < 1.29 is 9.84 Å². The summed E-state index contributed by atoms with van der Waals surface area (Å²) in [5.74, 6) is 0. The lowest BCUT2D eigenvalue weighted by atomic mass is 10.1. The third-order valence-electron chi connectivity index (χ3n) is 3.20. The highest BCUT2D eigenvalue weighted by Crippen LogP contribution is 2.29. The summed E-state index contributed by atoms with van der Waals surface area (Å²) in [5.41, 5.74) is 0. The minimum atomic E-state index is 0.314.